The molecule has 0 aromatic heterocycles. The lowest BCUT2D eigenvalue weighted by Crippen LogP contribution is -2.55. The maximum atomic E-state index is 10.7. The fourth-order valence-corrected chi connectivity index (χ4v) is 2.33. The van der Waals surface area contributed by atoms with Gasteiger partial charge in [0.25, 0.3) is 0 Å². The summed E-state index contributed by atoms with van der Waals surface area (Å²) in [6, 6.07) is 0.420. The number of rotatable bonds is 7. The second kappa shape index (κ2) is 7.63. The fourth-order valence-electron chi connectivity index (χ4n) is 2.33. The molecule has 1 aliphatic heterocycles. The summed E-state index contributed by atoms with van der Waals surface area (Å²) in [7, 11) is 0. The van der Waals surface area contributed by atoms with Crippen molar-refractivity contribution in [3.05, 3.63) is 0 Å². The highest BCUT2D eigenvalue weighted by molar-refractivity contribution is 5.47. The lowest BCUT2D eigenvalue weighted by Gasteiger charge is -2.39. The molecule has 1 saturated heterocycles. The van der Waals surface area contributed by atoms with Gasteiger partial charge in [-0.3, -0.25) is 9.69 Å². The highest BCUT2D eigenvalue weighted by Crippen LogP contribution is 2.06. The second-order valence-corrected chi connectivity index (χ2v) is 4.55. The van der Waals surface area contributed by atoms with Gasteiger partial charge < -0.3 is 15.5 Å². The summed E-state index contributed by atoms with van der Waals surface area (Å²) in [5, 5.41) is 0. The van der Waals surface area contributed by atoms with Crippen molar-refractivity contribution in [3.8, 4) is 0 Å². The van der Waals surface area contributed by atoms with Gasteiger partial charge in [-0.2, -0.15) is 0 Å². The number of hydrogen-bond acceptors (Lipinski definition) is 4. The predicted octanol–water partition coefficient (Wildman–Crippen LogP) is -0.570. The Labute approximate surface area is 105 Å². The van der Waals surface area contributed by atoms with Crippen molar-refractivity contribution in [1.29, 1.82) is 0 Å². The fraction of sp³-hybridized carbons (Fsp3) is 0.917. The van der Waals surface area contributed by atoms with Gasteiger partial charge in [-0.05, 0) is 13.1 Å². The van der Waals surface area contributed by atoms with E-state index in [2.05, 4.69) is 23.6 Å². The second-order valence-electron chi connectivity index (χ2n) is 4.55. The van der Waals surface area contributed by atoms with Crippen LogP contribution in [0.3, 0.4) is 0 Å². The number of piperazine rings is 1. The zero-order valence-corrected chi connectivity index (χ0v) is 11.1. The van der Waals surface area contributed by atoms with E-state index in [1.807, 2.05) is 4.90 Å². The van der Waals surface area contributed by atoms with Crippen molar-refractivity contribution in [2.45, 2.75) is 19.9 Å². The van der Waals surface area contributed by atoms with Crippen LogP contribution in [0, 0.1) is 0 Å². The van der Waals surface area contributed by atoms with Crippen molar-refractivity contribution in [2.75, 3.05) is 52.4 Å². The van der Waals surface area contributed by atoms with Crippen LogP contribution in [0.25, 0.3) is 0 Å². The molecule has 0 saturated carbocycles. The Hall–Kier alpha value is -0.650. The minimum absolute atomic E-state index is 0.420. The molecule has 5 nitrogen and oxygen atoms in total. The SMILES string of the molecule is CCN(CC)CC(CN)N1CCN(C=O)CC1. The van der Waals surface area contributed by atoms with Crippen LogP contribution in [-0.2, 0) is 4.79 Å². The third-order valence-electron chi connectivity index (χ3n) is 3.65. The van der Waals surface area contributed by atoms with Crippen molar-refractivity contribution in [2.24, 2.45) is 5.73 Å². The molecule has 1 unspecified atom stereocenters. The molecule has 5 heteroatoms. The molecule has 1 atom stereocenters. The summed E-state index contributed by atoms with van der Waals surface area (Å²) in [5.74, 6) is 0. The maximum Gasteiger partial charge on any atom is 0.209 e. The first-order chi connectivity index (χ1) is 8.24. The lowest BCUT2D eigenvalue weighted by atomic mass is 10.2. The van der Waals surface area contributed by atoms with Gasteiger partial charge in [0.15, 0.2) is 0 Å². The topological polar surface area (TPSA) is 52.8 Å². The number of nitrogens with zero attached hydrogens (tertiary/aromatic N) is 3. The average Bonchev–Trinajstić information content (AvgIpc) is 2.40. The number of likely N-dealkylation sites (N-methyl/N-ethyl adjacent to an activating group) is 1. The molecule has 17 heavy (non-hydrogen) atoms. The molecule has 1 aliphatic rings. The van der Waals surface area contributed by atoms with Gasteiger partial charge in [-0.1, -0.05) is 13.8 Å². The number of carbonyl (C=O) groups excluding carboxylic acids is 1. The molecule has 1 heterocycles. The predicted molar refractivity (Wildman–Crippen MR) is 69.8 cm³/mol. The summed E-state index contributed by atoms with van der Waals surface area (Å²) in [6.07, 6.45) is 0.944. The number of amides is 1. The van der Waals surface area contributed by atoms with E-state index in [9.17, 15) is 4.79 Å². The van der Waals surface area contributed by atoms with Crippen LogP contribution >= 0.6 is 0 Å². The number of nitrogens with two attached hydrogens (primary N) is 1. The largest absolute Gasteiger partial charge is 0.343 e. The van der Waals surface area contributed by atoms with Gasteiger partial charge in [0, 0.05) is 45.3 Å². The van der Waals surface area contributed by atoms with Gasteiger partial charge in [-0.25, -0.2) is 0 Å². The molecule has 0 aromatic rings. The van der Waals surface area contributed by atoms with E-state index in [-0.39, 0.29) is 0 Å². The van der Waals surface area contributed by atoms with Crippen LogP contribution < -0.4 is 5.73 Å². The normalized spacial score (nSPS) is 19.6. The summed E-state index contributed by atoms with van der Waals surface area (Å²) in [6.45, 7) is 11.8. The molecule has 0 aliphatic carbocycles. The van der Waals surface area contributed by atoms with E-state index < -0.39 is 0 Å². The van der Waals surface area contributed by atoms with Gasteiger partial charge in [-0.15, -0.1) is 0 Å². The van der Waals surface area contributed by atoms with Gasteiger partial charge in [0.2, 0.25) is 6.41 Å². The summed E-state index contributed by atoms with van der Waals surface area (Å²) in [4.78, 5) is 17.3. The zero-order chi connectivity index (χ0) is 12.7. The minimum Gasteiger partial charge on any atom is -0.343 e. The van der Waals surface area contributed by atoms with Gasteiger partial charge >= 0.3 is 0 Å². The molecular weight excluding hydrogens is 216 g/mol. The van der Waals surface area contributed by atoms with Crippen molar-refractivity contribution >= 4 is 6.41 Å². The lowest BCUT2D eigenvalue weighted by molar-refractivity contribution is -0.120. The summed E-state index contributed by atoms with van der Waals surface area (Å²) >= 11 is 0. The van der Waals surface area contributed by atoms with Crippen molar-refractivity contribution < 1.29 is 4.79 Å². The van der Waals surface area contributed by atoms with Crippen LogP contribution in [0.1, 0.15) is 13.8 Å². The Morgan fingerprint density at radius 1 is 1.24 bits per heavy atom. The number of hydrogen-bond donors (Lipinski definition) is 1. The third kappa shape index (κ3) is 4.26. The third-order valence-corrected chi connectivity index (χ3v) is 3.65. The van der Waals surface area contributed by atoms with E-state index in [1.165, 1.54) is 0 Å². The first-order valence-electron chi connectivity index (χ1n) is 6.60. The molecule has 0 radical (unpaired) electrons. The van der Waals surface area contributed by atoms with Crippen LogP contribution in [0.4, 0.5) is 0 Å². The van der Waals surface area contributed by atoms with Crippen LogP contribution in [-0.4, -0.2) is 79.5 Å². The molecule has 1 amide bonds. The Bertz CT molecular complexity index is 213. The molecule has 0 bridgehead atoms. The Morgan fingerprint density at radius 2 is 1.82 bits per heavy atom. The van der Waals surface area contributed by atoms with Crippen LogP contribution in [0.5, 0.6) is 0 Å². The van der Waals surface area contributed by atoms with Crippen molar-refractivity contribution in [3.63, 3.8) is 0 Å². The average molecular weight is 242 g/mol. The Morgan fingerprint density at radius 3 is 2.24 bits per heavy atom. The monoisotopic (exact) mass is 242 g/mol. The maximum absolute atomic E-state index is 10.7. The standard InChI is InChI=1S/C12H26N4O/c1-3-14(4-2)10-12(9-13)16-7-5-15(11-17)6-8-16/h11-12H,3-10,13H2,1-2H3. The van der Waals surface area contributed by atoms with Gasteiger partial charge in [0.05, 0.1) is 0 Å². The molecule has 1 fully saturated rings. The first kappa shape index (κ1) is 14.4. The van der Waals surface area contributed by atoms with Crippen LogP contribution in [0.2, 0.25) is 0 Å². The van der Waals surface area contributed by atoms with E-state index in [0.29, 0.717) is 12.6 Å². The highest BCUT2D eigenvalue weighted by Gasteiger charge is 2.23. The van der Waals surface area contributed by atoms with Gasteiger partial charge in [0.1, 0.15) is 0 Å². The molecule has 1 rings (SSSR count). The van der Waals surface area contributed by atoms with Crippen molar-refractivity contribution in [1.82, 2.24) is 14.7 Å². The van der Waals surface area contributed by atoms with E-state index in [0.717, 1.165) is 52.2 Å². The van der Waals surface area contributed by atoms with E-state index in [4.69, 9.17) is 5.73 Å². The summed E-state index contributed by atoms with van der Waals surface area (Å²) in [5.41, 5.74) is 5.88. The quantitative estimate of drug-likeness (QED) is 0.608. The minimum atomic E-state index is 0.420. The Kier molecular flexibility index (Phi) is 6.47. The number of carbonyl (C=O) groups is 1. The zero-order valence-electron chi connectivity index (χ0n) is 11.1. The summed E-state index contributed by atoms with van der Waals surface area (Å²) < 4.78 is 0. The molecular formula is C12H26N4O. The van der Waals surface area contributed by atoms with E-state index in [1.54, 1.807) is 0 Å². The van der Waals surface area contributed by atoms with E-state index >= 15 is 0 Å². The molecule has 0 spiro atoms. The smallest absolute Gasteiger partial charge is 0.209 e. The molecule has 100 valence electrons. The molecule has 0 aromatic carbocycles. The molecule has 2 N–H and O–H groups in total. The Balaban J connectivity index is 2.42. The highest BCUT2D eigenvalue weighted by atomic mass is 16.1. The van der Waals surface area contributed by atoms with Crippen LogP contribution in [0.15, 0.2) is 0 Å². The first-order valence-corrected chi connectivity index (χ1v) is 6.60.